The van der Waals surface area contributed by atoms with E-state index in [2.05, 4.69) is 10.1 Å². The molecule has 0 spiro atoms. The van der Waals surface area contributed by atoms with Crippen LogP contribution < -0.4 is 10.5 Å². The van der Waals surface area contributed by atoms with E-state index in [0.717, 1.165) is 5.69 Å². The number of benzene rings is 1. The van der Waals surface area contributed by atoms with Crippen molar-refractivity contribution in [3.05, 3.63) is 53.9 Å². The molecule has 1 heterocycles. The van der Waals surface area contributed by atoms with Crippen molar-refractivity contribution in [1.82, 2.24) is 4.98 Å². The van der Waals surface area contributed by atoms with E-state index in [0.29, 0.717) is 17.1 Å². The van der Waals surface area contributed by atoms with Crippen LogP contribution in [0.5, 0.6) is 11.5 Å². The van der Waals surface area contributed by atoms with Crippen LogP contribution in [0.15, 0.2) is 47.8 Å². The van der Waals surface area contributed by atoms with Crippen molar-refractivity contribution in [2.24, 2.45) is 10.9 Å². The predicted molar refractivity (Wildman–Crippen MR) is 68.0 cm³/mol. The number of rotatable bonds is 3. The second-order valence-corrected chi connectivity index (χ2v) is 3.70. The number of pyridine rings is 1. The third kappa shape index (κ3) is 2.57. The molecule has 0 aliphatic carbocycles. The fraction of sp³-hybridized carbons (Fsp3) is 0.0769. The van der Waals surface area contributed by atoms with Gasteiger partial charge in [0.25, 0.3) is 0 Å². The second kappa shape index (κ2) is 5.18. The fourth-order valence-corrected chi connectivity index (χ4v) is 1.46. The van der Waals surface area contributed by atoms with Crippen molar-refractivity contribution >= 4 is 5.84 Å². The van der Waals surface area contributed by atoms with E-state index in [1.165, 1.54) is 0 Å². The maximum Gasteiger partial charge on any atom is 0.170 e. The van der Waals surface area contributed by atoms with Crippen LogP contribution in [-0.4, -0.2) is 16.0 Å². The first-order valence-corrected chi connectivity index (χ1v) is 5.38. The molecule has 0 fully saturated rings. The van der Waals surface area contributed by atoms with Gasteiger partial charge in [-0.3, -0.25) is 4.98 Å². The molecule has 18 heavy (non-hydrogen) atoms. The van der Waals surface area contributed by atoms with E-state index >= 15 is 0 Å². The topological polar surface area (TPSA) is 80.7 Å². The Morgan fingerprint density at radius 3 is 2.61 bits per heavy atom. The number of hydrogen-bond donors (Lipinski definition) is 2. The summed E-state index contributed by atoms with van der Waals surface area (Å²) < 4.78 is 5.67. The number of ether oxygens (including phenoxy) is 1. The standard InChI is InChI=1S/C13H13N3O2/c1-9-12(3-2-8-15-9)18-11-6-4-10(5-7-11)13(14)16-17/h2-8,17H,1H3,(H2,14,16). The molecule has 0 saturated heterocycles. The molecule has 0 bridgehead atoms. The third-order valence-corrected chi connectivity index (χ3v) is 2.44. The van der Waals surface area contributed by atoms with Gasteiger partial charge >= 0.3 is 0 Å². The summed E-state index contributed by atoms with van der Waals surface area (Å²) in [4.78, 5) is 4.14. The van der Waals surface area contributed by atoms with Crippen molar-refractivity contribution in [2.45, 2.75) is 6.92 Å². The van der Waals surface area contributed by atoms with E-state index in [-0.39, 0.29) is 5.84 Å². The minimum absolute atomic E-state index is 0.0686. The number of hydrogen-bond acceptors (Lipinski definition) is 4. The van der Waals surface area contributed by atoms with Crippen molar-refractivity contribution in [2.75, 3.05) is 0 Å². The molecular weight excluding hydrogens is 230 g/mol. The molecule has 0 radical (unpaired) electrons. The molecular formula is C13H13N3O2. The van der Waals surface area contributed by atoms with Gasteiger partial charge in [-0.2, -0.15) is 0 Å². The van der Waals surface area contributed by atoms with Gasteiger partial charge in [0, 0.05) is 11.8 Å². The zero-order valence-corrected chi connectivity index (χ0v) is 9.87. The molecule has 1 aromatic carbocycles. The maximum absolute atomic E-state index is 8.55. The Balaban J connectivity index is 2.19. The van der Waals surface area contributed by atoms with E-state index in [1.807, 2.05) is 19.1 Å². The monoisotopic (exact) mass is 243 g/mol. The van der Waals surface area contributed by atoms with Crippen LogP contribution in [0.2, 0.25) is 0 Å². The summed E-state index contributed by atoms with van der Waals surface area (Å²) in [7, 11) is 0. The lowest BCUT2D eigenvalue weighted by molar-refractivity contribution is 0.318. The van der Waals surface area contributed by atoms with Gasteiger partial charge in [0.2, 0.25) is 0 Å². The van der Waals surface area contributed by atoms with Gasteiger partial charge in [0.05, 0.1) is 5.69 Å². The molecule has 2 aromatic rings. The zero-order valence-electron chi connectivity index (χ0n) is 9.87. The molecule has 0 unspecified atom stereocenters. The summed E-state index contributed by atoms with van der Waals surface area (Å²) in [6, 6.07) is 10.6. The summed E-state index contributed by atoms with van der Waals surface area (Å²) in [5.74, 6) is 1.44. The average molecular weight is 243 g/mol. The molecule has 2 rings (SSSR count). The molecule has 3 N–H and O–H groups in total. The first kappa shape index (κ1) is 11.9. The number of nitrogens with two attached hydrogens (primary N) is 1. The fourth-order valence-electron chi connectivity index (χ4n) is 1.46. The van der Waals surface area contributed by atoms with E-state index in [9.17, 15) is 0 Å². The number of aromatic nitrogens is 1. The Bertz CT molecular complexity index is 565. The lowest BCUT2D eigenvalue weighted by atomic mass is 10.2. The summed E-state index contributed by atoms with van der Waals surface area (Å²) >= 11 is 0. The number of aryl methyl sites for hydroxylation is 1. The largest absolute Gasteiger partial charge is 0.455 e. The Labute approximate surface area is 105 Å². The van der Waals surface area contributed by atoms with Crippen molar-refractivity contribution < 1.29 is 9.94 Å². The Kier molecular flexibility index (Phi) is 3.43. The highest BCUT2D eigenvalue weighted by Gasteiger charge is 2.03. The molecule has 0 atom stereocenters. The highest BCUT2D eigenvalue weighted by atomic mass is 16.5. The van der Waals surface area contributed by atoms with Crippen LogP contribution in [-0.2, 0) is 0 Å². The first-order chi connectivity index (χ1) is 8.70. The normalized spacial score (nSPS) is 11.3. The Hall–Kier alpha value is -2.56. The summed E-state index contributed by atoms with van der Waals surface area (Å²) in [6.45, 7) is 1.88. The van der Waals surface area contributed by atoms with Gasteiger partial charge in [-0.05, 0) is 43.3 Å². The number of oxime groups is 1. The van der Waals surface area contributed by atoms with Crippen LogP contribution in [0.1, 0.15) is 11.3 Å². The van der Waals surface area contributed by atoms with Gasteiger partial charge in [0.15, 0.2) is 5.84 Å². The first-order valence-electron chi connectivity index (χ1n) is 5.38. The van der Waals surface area contributed by atoms with Crippen molar-refractivity contribution in [1.29, 1.82) is 0 Å². The molecule has 5 nitrogen and oxygen atoms in total. The smallest absolute Gasteiger partial charge is 0.170 e. The molecule has 92 valence electrons. The number of nitrogens with zero attached hydrogens (tertiary/aromatic N) is 2. The third-order valence-electron chi connectivity index (χ3n) is 2.44. The summed E-state index contributed by atoms with van der Waals surface area (Å²) in [5, 5.41) is 11.5. The van der Waals surface area contributed by atoms with E-state index in [1.54, 1.807) is 30.5 Å². The summed E-state index contributed by atoms with van der Waals surface area (Å²) in [6.07, 6.45) is 1.71. The minimum atomic E-state index is 0.0686. The highest BCUT2D eigenvalue weighted by Crippen LogP contribution is 2.23. The van der Waals surface area contributed by atoms with Gasteiger partial charge < -0.3 is 15.7 Å². The Morgan fingerprint density at radius 2 is 2.00 bits per heavy atom. The van der Waals surface area contributed by atoms with Crippen molar-refractivity contribution in [3.8, 4) is 11.5 Å². The van der Waals surface area contributed by atoms with Gasteiger partial charge in [-0.15, -0.1) is 0 Å². The van der Waals surface area contributed by atoms with Crippen molar-refractivity contribution in [3.63, 3.8) is 0 Å². The predicted octanol–water partition coefficient (Wildman–Crippen LogP) is 2.28. The Morgan fingerprint density at radius 1 is 1.28 bits per heavy atom. The van der Waals surface area contributed by atoms with Crippen LogP contribution in [0.4, 0.5) is 0 Å². The van der Waals surface area contributed by atoms with Crippen LogP contribution >= 0.6 is 0 Å². The number of amidine groups is 1. The molecule has 1 aromatic heterocycles. The summed E-state index contributed by atoms with van der Waals surface area (Å²) in [5.41, 5.74) is 6.92. The highest BCUT2D eigenvalue weighted by molar-refractivity contribution is 5.97. The molecule has 0 aliphatic heterocycles. The zero-order chi connectivity index (χ0) is 13.0. The SMILES string of the molecule is Cc1ncccc1Oc1ccc(C(N)=NO)cc1. The van der Waals surface area contributed by atoms with Crippen LogP contribution in [0.25, 0.3) is 0 Å². The van der Waals surface area contributed by atoms with Crippen LogP contribution in [0.3, 0.4) is 0 Å². The lowest BCUT2D eigenvalue weighted by Crippen LogP contribution is -2.12. The average Bonchev–Trinajstić information content (AvgIpc) is 2.41. The maximum atomic E-state index is 8.55. The van der Waals surface area contributed by atoms with Gasteiger partial charge in [-0.25, -0.2) is 0 Å². The van der Waals surface area contributed by atoms with E-state index < -0.39 is 0 Å². The lowest BCUT2D eigenvalue weighted by Gasteiger charge is -2.08. The van der Waals surface area contributed by atoms with Gasteiger partial charge in [-0.1, -0.05) is 5.16 Å². The molecule has 0 amide bonds. The minimum Gasteiger partial charge on any atom is -0.455 e. The van der Waals surface area contributed by atoms with Gasteiger partial charge in [0.1, 0.15) is 11.5 Å². The molecule has 5 heteroatoms. The molecule has 0 aliphatic rings. The second-order valence-electron chi connectivity index (χ2n) is 3.70. The van der Waals surface area contributed by atoms with Crippen LogP contribution in [0, 0.1) is 6.92 Å². The quantitative estimate of drug-likeness (QED) is 0.375. The molecule has 0 saturated carbocycles. The van der Waals surface area contributed by atoms with E-state index in [4.69, 9.17) is 15.7 Å².